The van der Waals surface area contributed by atoms with Crippen LogP contribution in [0.3, 0.4) is 0 Å². The van der Waals surface area contributed by atoms with Crippen LogP contribution in [0.1, 0.15) is 93.5 Å². The molecule has 1 N–H and O–H groups in total. The van der Waals surface area contributed by atoms with Crippen molar-refractivity contribution in [1.82, 2.24) is 14.5 Å². The Labute approximate surface area is 243 Å². The van der Waals surface area contributed by atoms with Gasteiger partial charge in [0.15, 0.2) is 0 Å². The molecule has 0 unspecified atom stereocenters. The maximum Gasteiger partial charge on any atom is 0.306 e. The van der Waals surface area contributed by atoms with Crippen LogP contribution in [-0.2, 0) is 10.2 Å². The van der Waals surface area contributed by atoms with Crippen LogP contribution in [0, 0.1) is 11.8 Å². The summed E-state index contributed by atoms with van der Waals surface area (Å²) in [6.45, 7) is 3.34. The number of carboxylic acids is 1. The minimum atomic E-state index is -0.615. The summed E-state index contributed by atoms with van der Waals surface area (Å²) in [5.74, 6) is 1.39. The number of carbonyl (C=O) groups is 1. The molecule has 7 rings (SSSR count). The number of aromatic nitrogens is 2. The lowest BCUT2D eigenvalue weighted by molar-refractivity contribution is -0.143. The van der Waals surface area contributed by atoms with E-state index in [1.807, 2.05) is 12.1 Å². The van der Waals surface area contributed by atoms with Gasteiger partial charge in [0.1, 0.15) is 5.82 Å². The predicted octanol–water partition coefficient (Wildman–Crippen LogP) is 6.78. The van der Waals surface area contributed by atoms with Gasteiger partial charge in [0, 0.05) is 11.0 Å². The van der Waals surface area contributed by atoms with Crippen LogP contribution in [0.5, 0.6) is 0 Å². The first-order chi connectivity index (χ1) is 19.4. The minimum Gasteiger partial charge on any atom is -0.481 e. The summed E-state index contributed by atoms with van der Waals surface area (Å²) in [7, 11) is 0. The zero-order valence-corrected chi connectivity index (χ0v) is 24.7. The average Bonchev–Trinajstić information content (AvgIpc) is 3.22. The number of likely N-dealkylation sites (tertiary alicyclic amines) is 1. The first kappa shape index (κ1) is 26.4. The molecule has 2 aliphatic carbocycles. The van der Waals surface area contributed by atoms with Gasteiger partial charge in [0.05, 0.1) is 27.9 Å². The van der Waals surface area contributed by atoms with Crippen molar-refractivity contribution in [3.05, 3.63) is 68.2 Å². The molecule has 7 heteroatoms. The van der Waals surface area contributed by atoms with Gasteiger partial charge in [-0.15, -0.1) is 0 Å². The van der Waals surface area contributed by atoms with Gasteiger partial charge in [-0.3, -0.25) is 14.2 Å². The highest BCUT2D eigenvalue weighted by Gasteiger charge is 2.46. The summed E-state index contributed by atoms with van der Waals surface area (Å²) >= 11 is 3.61. The molecule has 0 radical (unpaired) electrons. The molecule has 210 valence electrons. The molecule has 3 heterocycles. The maximum atomic E-state index is 13.3. The van der Waals surface area contributed by atoms with E-state index in [1.165, 1.54) is 36.1 Å². The van der Waals surface area contributed by atoms with Gasteiger partial charge in [-0.05, 0) is 122 Å². The molecule has 1 aromatic heterocycles. The van der Waals surface area contributed by atoms with Crippen LogP contribution in [0.2, 0.25) is 0 Å². The number of rotatable bonds is 4. The van der Waals surface area contributed by atoms with Gasteiger partial charge in [-0.25, -0.2) is 0 Å². The van der Waals surface area contributed by atoms with Crippen LogP contribution in [0.25, 0.3) is 16.6 Å². The second-order valence-electron chi connectivity index (χ2n) is 12.8. The van der Waals surface area contributed by atoms with Crippen molar-refractivity contribution >= 4 is 32.8 Å². The number of carboxylic acid groups (broad SMARTS) is 1. The number of halogens is 1. The fraction of sp³-hybridized carbons (Fsp3) is 0.545. The van der Waals surface area contributed by atoms with Crippen molar-refractivity contribution in [2.75, 3.05) is 19.6 Å². The number of benzene rings is 2. The van der Waals surface area contributed by atoms with Crippen LogP contribution in [0.15, 0.2) is 45.7 Å². The summed E-state index contributed by atoms with van der Waals surface area (Å²) in [4.78, 5) is 32.0. The Morgan fingerprint density at radius 1 is 1.00 bits per heavy atom. The molecule has 40 heavy (non-hydrogen) atoms. The van der Waals surface area contributed by atoms with Crippen molar-refractivity contribution in [1.29, 1.82) is 0 Å². The second-order valence-corrected chi connectivity index (χ2v) is 13.6. The van der Waals surface area contributed by atoms with Gasteiger partial charge in [0.2, 0.25) is 0 Å². The van der Waals surface area contributed by atoms with Gasteiger partial charge in [-0.1, -0.05) is 37.5 Å². The third-order valence-corrected chi connectivity index (χ3v) is 11.2. The number of piperidine rings is 1. The molecule has 1 spiro atoms. The molecule has 3 fully saturated rings. The lowest BCUT2D eigenvalue weighted by Gasteiger charge is -2.37. The van der Waals surface area contributed by atoms with Crippen LogP contribution < -0.4 is 5.56 Å². The van der Waals surface area contributed by atoms with Gasteiger partial charge >= 0.3 is 5.97 Å². The SMILES string of the molecule is O=c1nc2n(c3cccc(Br)c13)-c1ccc(C3CCN(C[C@H]4CC[C@H](C(=O)O)CC4)CC3)cc1C21CCCCC1. The van der Waals surface area contributed by atoms with E-state index in [-0.39, 0.29) is 16.9 Å². The van der Waals surface area contributed by atoms with Crippen LogP contribution in [-0.4, -0.2) is 45.2 Å². The zero-order valence-electron chi connectivity index (χ0n) is 23.1. The fourth-order valence-electron chi connectivity index (χ4n) is 8.35. The number of hydrogen-bond acceptors (Lipinski definition) is 4. The fourth-order valence-corrected chi connectivity index (χ4v) is 8.88. The zero-order chi connectivity index (χ0) is 27.4. The standard InChI is InChI=1S/C33H38BrN3O3/c34-26-5-4-6-28-29(26)30(38)35-32-33(15-2-1-3-16-33)25-19-24(11-12-27(25)37(28)32)22-13-17-36(18-14-22)20-21-7-9-23(10-8-21)31(39)40/h4-6,11-12,19,21-23H,1-3,7-10,13-18,20H2,(H,39,40)/t21-,23-. The molecular formula is C33H38BrN3O3. The Hall–Kier alpha value is -2.51. The molecular weight excluding hydrogens is 566 g/mol. The Kier molecular flexibility index (Phi) is 6.86. The molecule has 2 saturated carbocycles. The van der Waals surface area contributed by atoms with E-state index in [0.29, 0.717) is 17.2 Å². The third kappa shape index (κ3) is 4.35. The van der Waals surface area contributed by atoms with E-state index in [0.717, 1.165) is 86.8 Å². The Morgan fingerprint density at radius 2 is 1.75 bits per heavy atom. The summed E-state index contributed by atoms with van der Waals surface area (Å²) in [6.07, 6.45) is 11.8. The highest BCUT2D eigenvalue weighted by atomic mass is 79.9. The van der Waals surface area contributed by atoms with E-state index >= 15 is 0 Å². The van der Waals surface area contributed by atoms with E-state index in [9.17, 15) is 14.7 Å². The average molecular weight is 605 g/mol. The Bertz CT molecular complexity index is 1510. The molecule has 1 saturated heterocycles. The normalized spacial score (nSPS) is 24.7. The van der Waals surface area contributed by atoms with Gasteiger partial charge in [0.25, 0.3) is 5.56 Å². The molecule has 4 aliphatic rings. The molecule has 2 aliphatic heterocycles. The van der Waals surface area contributed by atoms with Gasteiger partial charge < -0.3 is 10.0 Å². The Morgan fingerprint density at radius 3 is 2.48 bits per heavy atom. The first-order valence-electron chi connectivity index (χ1n) is 15.3. The molecule has 6 nitrogen and oxygen atoms in total. The van der Waals surface area contributed by atoms with E-state index in [2.05, 4.69) is 49.7 Å². The smallest absolute Gasteiger partial charge is 0.306 e. The van der Waals surface area contributed by atoms with Crippen molar-refractivity contribution in [3.8, 4) is 5.69 Å². The molecule has 0 amide bonds. The van der Waals surface area contributed by atoms with E-state index in [4.69, 9.17) is 4.98 Å². The first-order valence-corrected chi connectivity index (χ1v) is 16.1. The monoisotopic (exact) mass is 603 g/mol. The number of hydrogen-bond donors (Lipinski definition) is 1. The van der Waals surface area contributed by atoms with Crippen molar-refractivity contribution in [3.63, 3.8) is 0 Å². The number of nitrogens with zero attached hydrogens (tertiary/aromatic N) is 3. The second kappa shape index (κ2) is 10.4. The largest absolute Gasteiger partial charge is 0.481 e. The number of aliphatic carboxylic acids is 1. The molecule has 0 bridgehead atoms. The number of fused-ring (bicyclic) bond motifs is 7. The lowest BCUT2D eigenvalue weighted by Crippen LogP contribution is -2.38. The van der Waals surface area contributed by atoms with Crippen LogP contribution >= 0.6 is 15.9 Å². The van der Waals surface area contributed by atoms with Gasteiger partial charge in [-0.2, -0.15) is 4.98 Å². The summed E-state index contributed by atoms with van der Waals surface area (Å²) in [6, 6.07) is 13.1. The minimum absolute atomic E-state index is 0.129. The van der Waals surface area contributed by atoms with Crippen molar-refractivity contribution in [2.24, 2.45) is 11.8 Å². The van der Waals surface area contributed by atoms with E-state index in [1.54, 1.807) is 0 Å². The quantitative estimate of drug-likeness (QED) is 0.355. The predicted molar refractivity (Wildman–Crippen MR) is 160 cm³/mol. The molecule has 3 aromatic rings. The highest BCUT2D eigenvalue weighted by Crippen LogP contribution is 2.52. The van der Waals surface area contributed by atoms with E-state index < -0.39 is 5.97 Å². The summed E-state index contributed by atoms with van der Waals surface area (Å²) in [5.41, 5.74) is 4.66. The summed E-state index contributed by atoms with van der Waals surface area (Å²) in [5, 5.41) is 9.98. The molecule has 2 aromatic carbocycles. The van der Waals surface area contributed by atoms with Crippen LogP contribution in [0.4, 0.5) is 0 Å². The van der Waals surface area contributed by atoms with Crippen molar-refractivity contribution < 1.29 is 9.90 Å². The highest BCUT2D eigenvalue weighted by molar-refractivity contribution is 9.10. The van der Waals surface area contributed by atoms with Crippen molar-refractivity contribution in [2.45, 2.75) is 82.0 Å². The Balaban J connectivity index is 1.15. The maximum absolute atomic E-state index is 13.3. The lowest BCUT2D eigenvalue weighted by atomic mass is 9.69. The topological polar surface area (TPSA) is 75.4 Å². The molecule has 0 atom stereocenters. The third-order valence-electron chi connectivity index (χ3n) is 10.5. The summed E-state index contributed by atoms with van der Waals surface area (Å²) < 4.78 is 3.09.